The highest BCUT2D eigenvalue weighted by Crippen LogP contribution is 2.18. The van der Waals surface area contributed by atoms with Crippen LogP contribution in [0.15, 0.2) is 18.2 Å². The van der Waals surface area contributed by atoms with Gasteiger partial charge in [0, 0.05) is 6.54 Å². The van der Waals surface area contributed by atoms with Crippen molar-refractivity contribution in [2.45, 2.75) is 39.8 Å². The van der Waals surface area contributed by atoms with Crippen LogP contribution in [-0.2, 0) is 6.54 Å². The smallest absolute Gasteiger partial charge is 0.103 e. The first-order valence-corrected chi connectivity index (χ1v) is 5.55. The van der Waals surface area contributed by atoms with Crippen LogP contribution < -0.4 is 0 Å². The molecular weight excluding hydrogens is 196 g/mol. The summed E-state index contributed by atoms with van der Waals surface area (Å²) in [5.74, 6) is 0. The molecule has 1 aromatic carbocycles. The van der Waals surface area contributed by atoms with E-state index in [2.05, 4.69) is 43.0 Å². The Morgan fingerprint density at radius 3 is 2.50 bits per heavy atom. The van der Waals surface area contributed by atoms with Gasteiger partial charge < -0.3 is 0 Å². The number of rotatable bonds is 3. The van der Waals surface area contributed by atoms with Gasteiger partial charge in [-0.1, -0.05) is 23.8 Å². The summed E-state index contributed by atoms with van der Waals surface area (Å²) in [6.45, 7) is 8.91. The average molecular weight is 216 g/mol. The van der Waals surface area contributed by atoms with Gasteiger partial charge in [0.25, 0.3) is 0 Å². The first kappa shape index (κ1) is 12.7. The van der Waals surface area contributed by atoms with Crippen LogP contribution in [0.2, 0.25) is 0 Å². The molecule has 0 radical (unpaired) electrons. The van der Waals surface area contributed by atoms with Crippen molar-refractivity contribution >= 4 is 0 Å². The molecule has 0 fully saturated rings. The summed E-state index contributed by atoms with van der Waals surface area (Å²) in [6, 6.07) is 8.77. The lowest BCUT2D eigenvalue weighted by Crippen LogP contribution is -2.39. The van der Waals surface area contributed by atoms with E-state index in [9.17, 15) is 0 Å². The lowest BCUT2D eigenvalue weighted by molar-refractivity contribution is 0.202. The van der Waals surface area contributed by atoms with Crippen LogP contribution >= 0.6 is 0 Å². The topological polar surface area (TPSA) is 27.0 Å². The lowest BCUT2D eigenvalue weighted by Gasteiger charge is -2.29. The van der Waals surface area contributed by atoms with Crippen LogP contribution in [0.3, 0.4) is 0 Å². The van der Waals surface area contributed by atoms with Crippen LogP contribution in [0.1, 0.15) is 30.5 Å². The maximum absolute atomic E-state index is 9.07. The quantitative estimate of drug-likeness (QED) is 0.776. The van der Waals surface area contributed by atoms with Crippen molar-refractivity contribution in [3.8, 4) is 6.07 Å². The maximum atomic E-state index is 9.07. The highest BCUT2D eigenvalue weighted by molar-refractivity contribution is 5.30. The van der Waals surface area contributed by atoms with E-state index in [4.69, 9.17) is 5.26 Å². The summed E-state index contributed by atoms with van der Waals surface area (Å²) in [5, 5.41) is 9.07. The number of benzene rings is 1. The minimum Gasteiger partial charge on any atom is -0.285 e. The van der Waals surface area contributed by atoms with Crippen molar-refractivity contribution in [2.24, 2.45) is 0 Å². The third-order valence-corrected chi connectivity index (χ3v) is 3.14. The molecule has 0 aliphatic rings. The molecule has 0 heterocycles. The molecule has 1 aromatic rings. The highest BCUT2D eigenvalue weighted by Gasteiger charge is 2.22. The standard InChI is InChI=1S/C14H20N2/c1-11-6-7-12(2)13(8-11)9-16(5)14(3,4)10-15/h6-8H,9H2,1-5H3. The van der Waals surface area contributed by atoms with E-state index >= 15 is 0 Å². The molecule has 2 nitrogen and oxygen atoms in total. The number of hydrogen-bond acceptors (Lipinski definition) is 2. The molecule has 0 aromatic heterocycles. The molecule has 0 saturated heterocycles. The second-order valence-electron chi connectivity index (χ2n) is 4.96. The van der Waals surface area contributed by atoms with E-state index in [-0.39, 0.29) is 0 Å². The van der Waals surface area contributed by atoms with Gasteiger partial charge >= 0.3 is 0 Å². The molecule has 16 heavy (non-hydrogen) atoms. The van der Waals surface area contributed by atoms with Crippen LogP contribution in [0.5, 0.6) is 0 Å². The van der Waals surface area contributed by atoms with E-state index in [1.54, 1.807) is 0 Å². The highest BCUT2D eigenvalue weighted by atomic mass is 15.2. The summed E-state index contributed by atoms with van der Waals surface area (Å²) >= 11 is 0. The number of nitrogens with zero attached hydrogens (tertiary/aromatic N) is 2. The molecule has 0 saturated carbocycles. The Morgan fingerprint density at radius 2 is 1.94 bits per heavy atom. The van der Waals surface area contributed by atoms with Gasteiger partial charge in [0.05, 0.1) is 6.07 Å². The maximum Gasteiger partial charge on any atom is 0.103 e. The first-order valence-electron chi connectivity index (χ1n) is 5.55. The number of hydrogen-bond donors (Lipinski definition) is 0. The van der Waals surface area contributed by atoms with Crippen molar-refractivity contribution < 1.29 is 0 Å². The van der Waals surface area contributed by atoms with E-state index in [0.29, 0.717) is 0 Å². The summed E-state index contributed by atoms with van der Waals surface area (Å²) in [5.41, 5.74) is 3.43. The van der Waals surface area contributed by atoms with Crippen molar-refractivity contribution in [2.75, 3.05) is 7.05 Å². The molecule has 1 rings (SSSR count). The Labute approximate surface area is 98.5 Å². The fraction of sp³-hybridized carbons (Fsp3) is 0.500. The van der Waals surface area contributed by atoms with Crippen LogP contribution in [0.25, 0.3) is 0 Å². The lowest BCUT2D eigenvalue weighted by atomic mass is 10.0. The van der Waals surface area contributed by atoms with Gasteiger partial charge in [0.15, 0.2) is 0 Å². The molecule has 0 N–H and O–H groups in total. The zero-order valence-corrected chi connectivity index (χ0v) is 10.8. The van der Waals surface area contributed by atoms with E-state index in [1.807, 2.05) is 20.9 Å². The molecule has 0 amide bonds. The fourth-order valence-electron chi connectivity index (χ4n) is 1.51. The van der Waals surface area contributed by atoms with E-state index < -0.39 is 5.54 Å². The van der Waals surface area contributed by atoms with Crippen molar-refractivity contribution in [1.82, 2.24) is 4.90 Å². The Balaban J connectivity index is 2.89. The molecule has 0 aliphatic carbocycles. The molecule has 0 bridgehead atoms. The summed E-state index contributed by atoms with van der Waals surface area (Å²) in [7, 11) is 1.99. The van der Waals surface area contributed by atoms with E-state index in [0.717, 1.165) is 6.54 Å². The second kappa shape index (κ2) is 4.67. The van der Waals surface area contributed by atoms with Gasteiger partial charge in [-0.05, 0) is 45.9 Å². The molecule has 2 heteroatoms. The summed E-state index contributed by atoms with van der Waals surface area (Å²) in [6.07, 6.45) is 0. The average Bonchev–Trinajstić information content (AvgIpc) is 2.23. The minimum absolute atomic E-state index is 0.420. The zero-order chi connectivity index (χ0) is 12.3. The minimum atomic E-state index is -0.420. The van der Waals surface area contributed by atoms with Gasteiger partial charge in [-0.3, -0.25) is 4.90 Å². The Hall–Kier alpha value is -1.33. The van der Waals surface area contributed by atoms with Gasteiger partial charge in [-0.25, -0.2) is 0 Å². The molecule has 0 unspecified atom stereocenters. The molecular formula is C14H20N2. The van der Waals surface area contributed by atoms with Crippen molar-refractivity contribution in [1.29, 1.82) is 5.26 Å². The number of aryl methyl sites for hydroxylation is 2. The predicted octanol–water partition coefficient (Wildman–Crippen LogP) is 3.04. The van der Waals surface area contributed by atoms with Gasteiger partial charge in [0.1, 0.15) is 5.54 Å². The van der Waals surface area contributed by atoms with Gasteiger partial charge in [0.2, 0.25) is 0 Å². The van der Waals surface area contributed by atoms with Crippen molar-refractivity contribution in [3.63, 3.8) is 0 Å². The Kier molecular flexibility index (Phi) is 3.72. The Morgan fingerprint density at radius 1 is 1.31 bits per heavy atom. The zero-order valence-electron chi connectivity index (χ0n) is 10.8. The normalized spacial score (nSPS) is 11.6. The third-order valence-electron chi connectivity index (χ3n) is 3.14. The second-order valence-corrected chi connectivity index (χ2v) is 4.96. The van der Waals surface area contributed by atoms with Crippen LogP contribution in [0, 0.1) is 25.2 Å². The third kappa shape index (κ3) is 2.84. The number of nitriles is 1. The molecule has 0 spiro atoms. The predicted molar refractivity (Wildman–Crippen MR) is 67.1 cm³/mol. The van der Waals surface area contributed by atoms with E-state index in [1.165, 1.54) is 16.7 Å². The SMILES string of the molecule is Cc1ccc(C)c(CN(C)C(C)(C)C#N)c1. The molecule has 86 valence electrons. The Bertz CT molecular complexity index is 413. The van der Waals surface area contributed by atoms with Crippen molar-refractivity contribution in [3.05, 3.63) is 34.9 Å². The van der Waals surface area contributed by atoms with Crippen LogP contribution in [-0.4, -0.2) is 17.5 Å². The largest absolute Gasteiger partial charge is 0.285 e. The molecule has 0 aliphatic heterocycles. The monoisotopic (exact) mass is 216 g/mol. The first-order chi connectivity index (χ1) is 7.36. The van der Waals surface area contributed by atoms with Gasteiger partial charge in [-0.15, -0.1) is 0 Å². The fourth-order valence-corrected chi connectivity index (χ4v) is 1.51. The van der Waals surface area contributed by atoms with Crippen LogP contribution in [0.4, 0.5) is 0 Å². The van der Waals surface area contributed by atoms with Gasteiger partial charge in [-0.2, -0.15) is 5.26 Å². The molecule has 0 atom stereocenters. The summed E-state index contributed by atoms with van der Waals surface area (Å²) < 4.78 is 0. The summed E-state index contributed by atoms with van der Waals surface area (Å²) in [4.78, 5) is 2.08.